The predicted molar refractivity (Wildman–Crippen MR) is 74.6 cm³/mol. The molecule has 0 aliphatic carbocycles. The number of nitrogens with zero attached hydrogens (tertiary/aromatic N) is 1. The topological polar surface area (TPSA) is 29.3 Å². The molecule has 2 nitrogen and oxygen atoms in total. The third-order valence-electron chi connectivity index (χ3n) is 3.65. The van der Waals surface area contributed by atoms with E-state index in [-0.39, 0.29) is 5.54 Å². The molecule has 1 atom stereocenters. The average Bonchev–Trinajstić information content (AvgIpc) is 2.28. The van der Waals surface area contributed by atoms with E-state index in [1.54, 1.807) is 0 Å². The third-order valence-corrected chi connectivity index (χ3v) is 3.65. The molecule has 1 fully saturated rings. The molecule has 2 rings (SSSR count). The minimum absolute atomic E-state index is 0.0328. The zero-order valence-corrected chi connectivity index (χ0v) is 11.2. The summed E-state index contributed by atoms with van der Waals surface area (Å²) in [7, 11) is 0. The molecule has 1 aliphatic heterocycles. The lowest BCUT2D eigenvalue weighted by Crippen LogP contribution is -2.52. The second kappa shape index (κ2) is 4.69. The van der Waals surface area contributed by atoms with Crippen LogP contribution >= 0.6 is 0 Å². The molecular formula is C15H24N2. The van der Waals surface area contributed by atoms with E-state index in [1.165, 1.54) is 17.7 Å². The first-order chi connectivity index (χ1) is 7.98. The number of hydrogen-bond donors (Lipinski definition) is 1. The minimum atomic E-state index is -0.0328. The van der Waals surface area contributed by atoms with Gasteiger partial charge in [-0.05, 0) is 43.4 Å². The Hall–Kier alpha value is -1.02. The number of benzene rings is 1. The van der Waals surface area contributed by atoms with Crippen LogP contribution in [-0.4, -0.2) is 18.6 Å². The Bertz CT molecular complexity index is 365. The van der Waals surface area contributed by atoms with Gasteiger partial charge >= 0.3 is 0 Å². The first-order valence-electron chi connectivity index (χ1n) is 6.62. The van der Waals surface area contributed by atoms with Crippen molar-refractivity contribution < 1.29 is 0 Å². The summed E-state index contributed by atoms with van der Waals surface area (Å²) in [4.78, 5) is 2.41. The molecule has 0 aromatic heterocycles. The fourth-order valence-corrected chi connectivity index (χ4v) is 2.56. The predicted octanol–water partition coefficient (Wildman–Crippen LogP) is 3.13. The van der Waals surface area contributed by atoms with Gasteiger partial charge in [-0.3, -0.25) is 0 Å². The lowest BCUT2D eigenvalue weighted by molar-refractivity contribution is 0.375. The summed E-state index contributed by atoms with van der Waals surface area (Å²) in [5, 5.41) is 0. The van der Waals surface area contributed by atoms with Gasteiger partial charge in [0, 0.05) is 24.3 Å². The maximum atomic E-state index is 6.24. The SMILES string of the molecule is CC(C)c1ccc(N2CCCC(C)(N)C2)cc1. The van der Waals surface area contributed by atoms with Crippen LogP contribution in [0.2, 0.25) is 0 Å². The van der Waals surface area contributed by atoms with Crippen LogP contribution in [-0.2, 0) is 0 Å². The van der Waals surface area contributed by atoms with Gasteiger partial charge in [0.1, 0.15) is 0 Å². The van der Waals surface area contributed by atoms with Crippen molar-refractivity contribution in [3.63, 3.8) is 0 Å². The minimum Gasteiger partial charge on any atom is -0.370 e. The van der Waals surface area contributed by atoms with Crippen molar-refractivity contribution in [1.82, 2.24) is 0 Å². The van der Waals surface area contributed by atoms with Gasteiger partial charge in [0.15, 0.2) is 0 Å². The maximum Gasteiger partial charge on any atom is 0.0367 e. The molecule has 2 heteroatoms. The van der Waals surface area contributed by atoms with Crippen LogP contribution in [0.1, 0.15) is 45.1 Å². The normalized spacial score (nSPS) is 25.4. The van der Waals surface area contributed by atoms with Crippen LogP contribution in [0.25, 0.3) is 0 Å². The molecule has 17 heavy (non-hydrogen) atoms. The van der Waals surface area contributed by atoms with E-state index >= 15 is 0 Å². The fourth-order valence-electron chi connectivity index (χ4n) is 2.56. The Morgan fingerprint density at radius 3 is 2.41 bits per heavy atom. The summed E-state index contributed by atoms with van der Waals surface area (Å²) in [5.74, 6) is 0.602. The van der Waals surface area contributed by atoms with Crippen molar-refractivity contribution in [2.45, 2.75) is 45.1 Å². The van der Waals surface area contributed by atoms with E-state index in [0.717, 1.165) is 19.5 Å². The zero-order chi connectivity index (χ0) is 12.5. The highest BCUT2D eigenvalue weighted by atomic mass is 15.2. The van der Waals surface area contributed by atoms with Crippen molar-refractivity contribution in [2.24, 2.45) is 5.73 Å². The second-order valence-corrected chi connectivity index (χ2v) is 5.93. The number of anilines is 1. The highest BCUT2D eigenvalue weighted by molar-refractivity contribution is 5.49. The van der Waals surface area contributed by atoms with Gasteiger partial charge in [-0.2, -0.15) is 0 Å². The summed E-state index contributed by atoms with van der Waals surface area (Å²) in [6, 6.07) is 8.94. The molecule has 2 N–H and O–H groups in total. The van der Waals surface area contributed by atoms with Crippen molar-refractivity contribution in [3.05, 3.63) is 29.8 Å². The summed E-state index contributed by atoms with van der Waals surface area (Å²) in [6.07, 6.45) is 2.33. The lowest BCUT2D eigenvalue weighted by Gasteiger charge is -2.39. The highest BCUT2D eigenvalue weighted by Gasteiger charge is 2.26. The molecule has 0 amide bonds. The maximum absolute atomic E-state index is 6.24. The van der Waals surface area contributed by atoms with E-state index < -0.39 is 0 Å². The molecule has 1 aromatic carbocycles. The molecule has 1 heterocycles. The van der Waals surface area contributed by atoms with Crippen LogP contribution in [0.15, 0.2) is 24.3 Å². The van der Waals surface area contributed by atoms with Gasteiger partial charge in [-0.25, -0.2) is 0 Å². The quantitative estimate of drug-likeness (QED) is 0.849. The molecule has 1 saturated heterocycles. The van der Waals surface area contributed by atoms with E-state index in [1.807, 2.05) is 0 Å². The Morgan fingerprint density at radius 2 is 1.88 bits per heavy atom. The largest absolute Gasteiger partial charge is 0.370 e. The van der Waals surface area contributed by atoms with Gasteiger partial charge in [0.2, 0.25) is 0 Å². The Morgan fingerprint density at radius 1 is 1.24 bits per heavy atom. The Kier molecular flexibility index (Phi) is 3.43. The number of nitrogens with two attached hydrogens (primary N) is 1. The molecule has 94 valence electrons. The molecule has 1 aliphatic rings. The Labute approximate surface area is 105 Å². The van der Waals surface area contributed by atoms with Gasteiger partial charge < -0.3 is 10.6 Å². The molecule has 0 saturated carbocycles. The first kappa shape index (κ1) is 12.4. The van der Waals surface area contributed by atoms with Crippen molar-refractivity contribution in [1.29, 1.82) is 0 Å². The molecule has 1 aromatic rings. The van der Waals surface area contributed by atoms with E-state index in [4.69, 9.17) is 5.73 Å². The molecule has 1 unspecified atom stereocenters. The van der Waals surface area contributed by atoms with E-state index in [9.17, 15) is 0 Å². The van der Waals surface area contributed by atoms with Crippen LogP contribution in [0.3, 0.4) is 0 Å². The summed E-state index contributed by atoms with van der Waals surface area (Å²) in [6.45, 7) is 8.71. The van der Waals surface area contributed by atoms with Gasteiger partial charge in [0.25, 0.3) is 0 Å². The first-order valence-corrected chi connectivity index (χ1v) is 6.62. The van der Waals surface area contributed by atoms with Gasteiger partial charge in [-0.1, -0.05) is 26.0 Å². The number of piperidine rings is 1. The van der Waals surface area contributed by atoms with Gasteiger partial charge in [0.05, 0.1) is 0 Å². The molecule has 0 spiro atoms. The Balaban J connectivity index is 2.12. The smallest absolute Gasteiger partial charge is 0.0367 e. The van der Waals surface area contributed by atoms with Crippen molar-refractivity contribution in [2.75, 3.05) is 18.0 Å². The fraction of sp³-hybridized carbons (Fsp3) is 0.600. The average molecular weight is 232 g/mol. The number of rotatable bonds is 2. The van der Waals surface area contributed by atoms with Crippen LogP contribution in [0.5, 0.6) is 0 Å². The standard InChI is InChI=1S/C15H24N2/c1-12(2)13-5-7-14(8-6-13)17-10-4-9-15(3,16)11-17/h5-8,12H,4,9-11,16H2,1-3H3. The molecular weight excluding hydrogens is 208 g/mol. The summed E-state index contributed by atoms with van der Waals surface area (Å²) in [5.41, 5.74) is 8.92. The summed E-state index contributed by atoms with van der Waals surface area (Å²) < 4.78 is 0. The molecule has 0 bridgehead atoms. The third kappa shape index (κ3) is 3.01. The molecule has 0 radical (unpaired) electrons. The van der Waals surface area contributed by atoms with Crippen molar-refractivity contribution >= 4 is 5.69 Å². The van der Waals surface area contributed by atoms with Crippen LogP contribution in [0, 0.1) is 0 Å². The van der Waals surface area contributed by atoms with E-state index in [2.05, 4.69) is 49.9 Å². The lowest BCUT2D eigenvalue weighted by atomic mass is 9.92. The van der Waals surface area contributed by atoms with Crippen molar-refractivity contribution in [3.8, 4) is 0 Å². The van der Waals surface area contributed by atoms with Crippen LogP contribution in [0.4, 0.5) is 5.69 Å². The van der Waals surface area contributed by atoms with E-state index in [0.29, 0.717) is 5.92 Å². The number of hydrogen-bond acceptors (Lipinski definition) is 2. The monoisotopic (exact) mass is 232 g/mol. The van der Waals surface area contributed by atoms with Crippen LogP contribution < -0.4 is 10.6 Å². The van der Waals surface area contributed by atoms with Gasteiger partial charge in [-0.15, -0.1) is 0 Å². The summed E-state index contributed by atoms with van der Waals surface area (Å²) >= 11 is 0. The zero-order valence-electron chi connectivity index (χ0n) is 11.2. The highest BCUT2D eigenvalue weighted by Crippen LogP contribution is 2.25. The second-order valence-electron chi connectivity index (χ2n) is 5.93.